The third kappa shape index (κ3) is 3.37. The summed E-state index contributed by atoms with van der Waals surface area (Å²) in [6.45, 7) is 0. The Morgan fingerprint density at radius 2 is 1.86 bits per heavy atom. The van der Waals surface area contributed by atoms with Crippen LogP contribution >= 0.6 is 0 Å². The SMILES string of the molecule is O=C(Nc1ccc([N+](=O)[O-])cn1)c1ccccc1C(F)(F)F. The fraction of sp³-hybridized carbons (Fsp3) is 0.0769. The molecular formula is C13H8F3N3O3. The predicted octanol–water partition coefficient (Wildman–Crippen LogP) is 3.26. The Bertz CT molecular complexity index is 714. The zero-order chi connectivity index (χ0) is 16.3. The minimum absolute atomic E-state index is 0.0902. The molecule has 114 valence electrons. The van der Waals surface area contributed by atoms with E-state index in [0.29, 0.717) is 0 Å². The fourth-order valence-corrected chi connectivity index (χ4v) is 1.68. The van der Waals surface area contributed by atoms with Gasteiger partial charge in [0.25, 0.3) is 11.6 Å². The second kappa shape index (κ2) is 5.80. The van der Waals surface area contributed by atoms with Crippen molar-refractivity contribution in [3.63, 3.8) is 0 Å². The van der Waals surface area contributed by atoms with Gasteiger partial charge in [-0.15, -0.1) is 0 Å². The van der Waals surface area contributed by atoms with E-state index < -0.39 is 28.1 Å². The molecule has 0 unspecified atom stereocenters. The van der Waals surface area contributed by atoms with Gasteiger partial charge in [-0.1, -0.05) is 12.1 Å². The third-order valence-corrected chi connectivity index (χ3v) is 2.68. The highest BCUT2D eigenvalue weighted by atomic mass is 19.4. The van der Waals surface area contributed by atoms with Gasteiger partial charge in [-0.05, 0) is 18.2 Å². The van der Waals surface area contributed by atoms with Crippen LogP contribution in [-0.4, -0.2) is 15.8 Å². The van der Waals surface area contributed by atoms with Crippen molar-refractivity contribution in [2.45, 2.75) is 6.18 Å². The first-order valence-electron chi connectivity index (χ1n) is 5.87. The number of nitrogens with zero attached hydrogens (tertiary/aromatic N) is 2. The van der Waals surface area contributed by atoms with E-state index in [1.165, 1.54) is 12.1 Å². The number of anilines is 1. The number of aromatic nitrogens is 1. The highest BCUT2D eigenvalue weighted by Crippen LogP contribution is 2.32. The smallest absolute Gasteiger partial charge is 0.307 e. The van der Waals surface area contributed by atoms with Gasteiger partial charge in [0, 0.05) is 6.07 Å². The minimum atomic E-state index is -4.67. The molecule has 1 N–H and O–H groups in total. The molecular weight excluding hydrogens is 303 g/mol. The maximum Gasteiger partial charge on any atom is 0.417 e. The van der Waals surface area contributed by atoms with Crippen LogP contribution in [0.2, 0.25) is 0 Å². The zero-order valence-corrected chi connectivity index (χ0v) is 10.8. The number of rotatable bonds is 3. The lowest BCUT2D eigenvalue weighted by Crippen LogP contribution is -2.19. The lowest BCUT2D eigenvalue weighted by atomic mass is 10.1. The number of hydrogen-bond donors (Lipinski definition) is 1. The number of halogens is 3. The van der Waals surface area contributed by atoms with Crippen molar-refractivity contribution >= 4 is 17.4 Å². The monoisotopic (exact) mass is 311 g/mol. The Hall–Kier alpha value is -2.97. The number of carbonyl (C=O) groups is 1. The lowest BCUT2D eigenvalue weighted by Gasteiger charge is -2.12. The summed E-state index contributed by atoms with van der Waals surface area (Å²) in [5.41, 5.74) is -1.93. The Morgan fingerprint density at radius 3 is 2.41 bits per heavy atom. The van der Waals surface area contributed by atoms with E-state index in [9.17, 15) is 28.1 Å². The van der Waals surface area contributed by atoms with Crippen molar-refractivity contribution in [1.82, 2.24) is 4.98 Å². The number of nitro groups is 1. The molecule has 9 heteroatoms. The standard InChI is InChI=1S/C13H8F3N3O3/c14-13(15,16)10-4-2-1-3-9(10)12(20)18-11-6-5-8(7-17-11)19(21)22/h1-7H,(H,17,18,20). The summed E-state index contributed by atoms with van der Waals surface area (Å²) in [6.07, 6.45) is -3.78. The van der Waals surface area contributed by atoms with Crippen LogP contribution in [0.1, 0.15) is 15.9 Å². The van der Waals surface area contributed by atoms with Crippen molar-refractivity contribution in [3.8, 4) is 0 Å². The van der Waals surface area contributed by atoms with Crippen molar-refractivity contribution in [1.29, 1.82) is 0 Å². The third-order valence-electron chi connectivity index (χ3n) is 2.68. The van der Waals surface area contributed by atoms with Crippen LogP contribution < -0.4 is 5.32 Å². The van der Waals surface area contributed by atoms with Crippen LogP contribution in [0, 0.1) is 10.1 Å². The molecule has 0 radical (unpaired) electrons. The molecule has 0 spiro atoms. The first kappa shape index (κ1) is 15.4. The van der Waals surface area contributed by atoms with E-state index in [4.69, 9.17) is 0 Å². The lowest BCUT2D eigenvalue weighted by molar-refractivity contribution is -0.385. The van der Waals surface area contributed by atoms with Crippen LogP contribution in [0.15, 0.2) is 42.6 Å². The van der Waals surface area contributed by atoms with Crippen molar-refractivity contribution in [2.24, 2.45) is 0 Å². The summed E-state index contributed by atoms with van der Waals surface area (Å²) in [7, 11) is 0. The van der Waals surface area contributed by atoms with E-state index in [2.05, 4.69) is 10.3 Å². The molecule has 1 amide bonds. The molecule has 6 nitrogen and oxygen atoms in total. The quantitative estimate of drug-likeness (QED) is 0.696. The van der Waals surface area contributed by atoms with E-state index in [1.807, 2.05) is 0 Å². The summed E-state index contributed by atoms with van der Waals surface area (Å²) in [6, 6.07) is 6.50. The summed E-state index contributed by atoms with van der Waals surface area (Å²) in [4.78, 5) is 25.3. The normalized spacial score (nSPS) is 11.0. The first-order chi connectivity index (χ1) is 10.3. The molecule has 1 aromatic carbocycles. The molecule has 0 aliphatic carbocycles. The predicted molar refractivity (Wildman–Crippen MR) is 70.3 cm³/mol. The Kier molecular flexibility index (Phi) is 4.06. The maximum absolute atomic E-state index is 12.8. The molecule has 0 fully saturated rings. The van der Waals surface area contributed by atoms with E-state index >= 15 is 0 Å². The average Bonchev–Trinajstić information content (AvgIpc) is 2.47. The highest BCUT2D eigenvalue weighted by Gasteiger charge is 2.34. The second-order valence-corrected chi connectivity index (χ2v) is 4.16. The summed E-state index contributed by atoms with van der Waals surface area (Å²) in [5.74, 6) is -1.10. The maximum atomic E-state index is 12.8. The van der Waals surface area contributed by atoms with Crippen LogP contribution in [0.4, 0.5) is 24.7 Å². The van der Waals surface area contributed by atoms with Crippen LogP contribution in [0.3, 0.4) is 0 Å². The average molecular weight is 311 g/mol. The molecule has 0 atom stereocenters. The second-order valence-electron chi connectivity index (χ2n) is 4.16. The molecule has 1 aromatic heterocycles. The topological polar surface area (TPSA) is 85.1 Å². The minimum Gasteiger partial charge on any atom is -0.307 e. The number of hydrogen-bond acceptors (Lipinski definition) is 4. The van der Waals surface area contributed by atoms with Crippen LogP contribution in [0.5, 0.6) is 0 Å². The molecule has 0 saturated carbocycles. The van der Waals surface area contributed by atoms with Crippen LogP contribution in [0.25, 0.3) is 0 Å². The number of alkyl halides is 3. The molecule has 0 aliphatic rings. The number of carbonyl (C=O) groups excluding carboxylic acids is 1. The molecule has 0 saturated heterocycles. The number of benzene rings is 1. The summed E-state index contributed by atoms with van der Waals surface area (Å²) in [5, 5.41) is 12.6. The number of pyridine rings is 1. The van der Waals surface area contributed by atoms with E-state index in [1.54, 1.807) is 0 Å². The molecule has 0 bridgehead atoms. The Balaban J connectivity index is 2.25. The summed E-state index contributed by atoms with van der Waals surface area (Å²) >= 11 is 0. The van der Waals surface area contributed by atoms with Gasteiger partial charge in [-0.2, -0.15) is 13.2 Å². The van der Waals surface area contributed by atoms with Gasteiger partial charge < -0.3 is 5.32 Å². The molecule has 0 aliphatic heterocycles. The Morgan fingerprint density at radius 1 is 1.18 bits per heavy atom. The van der Waals surface area contributed by atoms with Crippen molar-refractivity contribution in [3.05, 3.63) is 63.8 Å². The van der Waals surface area contributed by atoms with Crippen LogP contribution in [-0.2, 0) is 6.18 Å². The van der Waals surface area contributed by atoms with Gasteiger partial charge in [0.2, 0.25) is 0 Å². The summed E-state index contributed by atoms with van der Waals surface area (Å²) < 4.78 is 38.5. The van der Waals surface area contributed by atoms with Gasteiger partial charge >= 0.3 is 6.18 Å². The van der Waals surface area contributed by atoms with Crippen molar-refractivity contribution in [2.75, 3.05) is 5.32 Å². The molecule has 2 aromatic rings. The molecule has 2 rings (SSSR count). The number of nitrogens with one attached hydrogen (secondary N) is 1. The fourth-order valence-electron chi connectivity index (χ4n) is 1.68. The molecule has 1 heterocycles. The van der Waals surface area contributed by atoms with Gasteiger partial charge in [-0.3, -0.25) is 14.9 Å². The van der Waals surface area contributed by atoms with Gasteiger partial charge in [0.1, 0.15) is 12.0 Å². The highest BCUT2D eigenvalue weighted by molar-refractivity contribution is 6.04. The number of amides is 1. The first-order valence-corrected chi connectivity index (χ1v) is 5.87. The van der Waals surface area contributed by atoms with Gasteiger partial charge in [0.05, 0.1) is 16.1 Å². The molecule has 22 heavy (non-hydrogen) atoms. The van der Waals surface area contributed by atoms with Gasteiger partial charge in [-0.25, -0.2) is 4.98 Å². The van der Waals surface area contributed by atoms with Gasteiger partial charge in [0.15, 0.2) is 0 Å². The van der Waals surface area contributed by atoms with Crippen molar-refractivity contribution < 1.29 is 22.9 Å². The van der Waals surface area contributed by atoms with E-state index in [-0.39, 0.29) is 11.5 Å². The van der Waals surface area contributed by atoms with E-state index in [0.717, 1.165) is 30.5 Å². The largest absolute Gasteiger partial charge is 0.417 e. The Labute approximate surface area is 121 Å². The zero-order valence-electron chi connectivity index (χ0n) is 10.8.